The number of nitrogens with one attached hydrogen (secondary N) is 3. The number of aliphatic carboxylic acids is 1. The standard InChI is InChI=1S/C25H34N4O7/c1-14(2)21-24(33)26-15(3)13-36-19-9-5-4-7-16(19)22(31)27-17(25(34)35)10-11-20(30)29-12-6-8-18(29)23(32)28-21/h4-5,7,9,14-15,17-18,21H,6,8,10-13H2,1-3H3,(H,26,33)(H,27,31)(H,28,32)(H,34,35)/t15-,17-,18-,21+/m0/s1. The highest BCUT2D eigenvalue weighted by Gasteiger charge is 2.37. The average Bonchev–Trinajstić information content (AvgIpc) is 3.32. The summed E-state index contributed by atoms with van der Waals surface area (Å²) >= 11 is 0. The molecule has 0 bridgehead atoms. The Labute approximate surface area is 209 Å². The van der Waals surface area contributed by atoms with Gasteiger partial charge in [0, 0.05) is 13.0 Å². The molecule has 1 aromatic carbocycles. The Bertz CT molecular complexity index is 1010. The van der Waals surface area contributed by atoms with Gasteiger partial charge in [-0.2, -0.15) is 0 Å². The van der Waals surface area contributed by atoms with Crippen LogP contribution in [-0.4, -0.2) is 76.9 Å². The number of hydrogen-bond acceptors (Lipinski definition) is 6. The van der Waals surface area contributed by atoms with Crippen molar-refractivity contribution in [3.8, 4) is 5.75 Å². The molecule has 4 N–H and O–H groups in total. The van der Waals surface area contributed by atoms with Crippen molar-refractivity contribution in [3.05, 3.63) is 29.8 Å². The van der Waals surface area contributed by atoms with E-state index in [1.165, 1.54) is 11.0 Å². The number of carboxylic acids is 1. The molecule has 0 aliphatic carbocycles. The Morgan fingerprint density at radius 3 is 2.47 bits per heavy atom. The van der Waals surface area contributed by atoms with E-state index >= 15 is 0 Å². The Morgan fingerprint density at radius 2 is 1.78 bits per heavy atom. The number of para-hydroxylation sites is 1. The van der Waals surface area contributed by atoms with Crippen LogP contribution in [0.3, 0.4) is 0 Å². The Morgan fingerprint density at radius 1 is 1.06 bits per heavy atom. The average molecular weight is 503 g/mol. The fourth-order valence-electron chi connectivity index (χ4n) is 4.40. The molecular formula is C25H34N4O7. The van der Waals surface area contributed by atoms with Gasteiger partial charge in [0.2, 0.25) is 17.7 Å². The summed E-state index contributed by atoms with van der Waals surface area (Å²) in [6.45, 7) is 5.77. The van der Waals surface area contributed by atoms with E-state index in [0.29, 0.717) is 19.4 Å². The molecule has 11 nitrogen and oxygen atoms in total. The van der Waals surface area contributed by atoms with Crippen molar-refractivity contribution in [1.29, 1.82) is 0 Å². The first kappa shape index (κ1) is 27.0. The Hall–Kier alpha value is -3.63. The van der Waals surface area contributed by atoms with Crippen LogP contribution in [0.25, 0.3) is 0 Å². The molecule has 2 aliphatic rings. The summed E-state index contributed by atoms with van der Waals surface area (Å²) in [4.78, 5) is 65.1. The van der Waals surface area contributed by atoms with Crippen molar-refractivity contribution in [1.82, 2.24) is 20.9 Å². The number of rotatable bonds is 2. The van der Waals surface area contributed by atoms with E-state index in [0.717, 1.165) is 0 Å². The molecule has 0 unspecified atom stereocenters. The number of nitrogens with zero attached hydrogens (tertiary/aromatic N) is 1. The number of hydrogen-bond donors (Lipinski definition) is 4. The number of fused-ring (bicyclic) bond motifs is 2. The van der Waals surface area contributed by atoms with E-state index in [-0.39, 0.29) is 48.5 Å². The van der Waals surface area contributed by atoms with Gasteiger partial charge in [0.15, 0.2) is 0 Å². The molecule has 1 aromatic rings. The van der Waals surface area contributed by atoms with Crippen LogP contribution in [0.4, 0.5) is 0 Å². The highest BCUT2D eigenvalue weighted by Crippen LogP contribution is 2.21. The van der Waals surface area contributed by atoms with Crippen LogP contribution >= 0.6 is 0 Å². The molecule has 2 aliphatic heterocycles. The van der Waals surface area contributed by atoms with Gasteiger partial charge in [0.1, 0.15) is 30.5 Å². The van der Waals surface area contributed by atoms with Crippen LogP contribution in [0.1, 0.15) is 56.8 Å². The van der Waals surface area contributed by atoms with Crippen LogP contribution in [-0.2, 0) is 19.2 Å². The quantitative estimate of drug-likeness (QED) is 0.464. The topological polar surface area (TPSA) is 154 Å². The molecule has 0 spiro atoms. The minimum Gasteiger partial charge on any atom is -0.491 e. The molecule has 0 radical (unpaired) electrons. The van der Waals surface area contributed by atoms with E-state index in [1.54, 1.807) is 25.1 Å². The molecule has 196 valence electrons. The Balaban J connectivity index is 1.90. The minimum atomic E-state index is -1.30. The van der Waals surface area contributed by atoms with Gasteiger partial charge in [-0.15, -0.1) is 0 Å². The molecule has 4 atom stereocenters. The third-order valence-corrected chi connectivity index (χ3v) is 6.38. The number of carbonyl (C=O) groups is 5. The van der Waals surface area contributed by atoms with Crippen LogP contribution < -0.4 is 20.7 Å². The number of ether oxygens (including phenoxy) is 1. The maximum atomic E-state index is 13.1. The van der Waals surface area contributed by atoms with Crippen molar-refractivity contribution in [2.75, 3.05) is 13.2 Å². The minimum absolute atomic E-state index is 0.0437. The van der Waals surface area contributed by atoms with Crippen LogP contribution in [0.5, 0.6) is 5.75 Å². The number of benzene rings is 1. The van der Waals surface area contributed by atoms with E-state index in [2.05, 4.69) is 16.0 Å². The molecule has 0 saturated carbocycles. The van der Waals surface area contributed by atoms with Gasteiger partial charge in [0.25, 0.3) is 5.91 Å². The molecule has 1 fully saturated rings. The highest BCUT2D eigenvalue weighted by atomic mass is 16.5. The SMILES string of the molecule is CC(C)[C@H]1NC(=O)[C@@H]2CCCN2C(=O)CC[C@@H](C(=O)O)NC(=O)c2ccccc2OC[C@H](C)NC1=O. The molecule has 11 heteroatoms. The number of amides is 4. The summed E-state index contributed by atoms with van der Waals surface area (Å²) in [5.41, 5.74) is 0.140. The monoisotopic (exact) mass is 502 g/mol. The lowest BCUT2D eigenvalue weighted by molar-refractivity contribution is -0.141. The number of carboxylic acid groups (broad SMARTS) is 1. The first-order valence-corrected chi connectivity index (χ1v) is 12.2. The maximum absolute atomic E-state index is 13.1. The molecule has 2 heterocycles. The van der Waals surface area contributed by atoms with Crippen molar-refractivity contribution in [3.63, 3.8) is 0 Å². The molecule has 4 amide bonds. The second-order valence-corrected chi connectivity index (χ2v) is 9.60. The van der Waals surface area contributed by atoms with Gasteiger partial charge in [-0.3, -0.25) is 19.2 Å². The molecule has 3 rings (SSSR count). The van der Waals surface area contributed by atoms with Crippen molar-refractivity contribution in [2.45, 2.75) is 70.6 Å². The van der Waals surface area contributed by atoms with E-state index in [9.17, 15) is 29.1 Å². The summed E-state index contributed by atoms with van der Waals surface area (Å²) in [5.74, 6) is -3.07. The molecule has 0 aromatic heterocycles. The van der Waals surface area contributed by atoms with Gasteiger partial charge < -0.3 is 30.7 Å². The van der Waals surface area contributed by atoms with E-state index in [4.69, 9.17) is 4.74 Å². The third kappa shape index (κ3) is 6.52. The van der Waals surface area contributed by atoms with Crippen LogP contribution in [0, 0.1) is 5.92 Å². The zero-order chi connectivity index (χ0) is 26.4. The van der Waals surface area contributed by atoms with Gasteiger partial charge in [-0.1, -0.05) is 26.0 Å². The highest BCUT2D eigenvalue weighted by molar-refractivity contribution is 5.99. The fourth-order valence-corrected chi connectivity index (χ4v) is 4.40. The number of carbonyl (C=O) groups excluding carboxylic acids is 4. The third-order valence-electron chi connectivity index (χ3n) is 6.38. The summed E-state index contributed by atoms with van der Waals surface area (Å²) < 4.78 is 5.78. The largest absolute Gasteiger partial charge is 0.491 e. The summed E-state index contributed by atoms with van der Waals surface area (Å²) in [5, 5.41) is 17.7. The van der Waals surface area contributed by atoms with Gasteiger partial charge in [-0.25, -0.2) is 4.79 Å². The first-order valence-electron chi connectivity index (χ1n) is 12.2. The van der Waals surface area contributed by atoms with Crippen molar-refractivity contribution in [2.24, 2.45) is 5.92 Å². The molecule has 36 heavy (non-hydrogen) atoms. The van der Waals surface area contributed by atoms with Crippen molar-refractivity contribution >= 4 is 29.6 Å². The predicted molar refractivity (Wildman–Crippen MR) is 129 cm³/mol. The normalized spacial score (nSPS) is 26.5. The first-order chi connectivity index (χ1) is 17.1. The lowest BCUT2D eigenvalue weighted by Crippen LogP contribution is -2.56. The zero-order valence-corrected chi connectivity index (χ0v) is 20.8. The summed E-state index contributed by atoms with van der Waals surface area (Å²) in [6, 6.07) is 3.07. The molecular weight excluding hydrogens is 468 g/mol. The lowest BCUT2D eigenvalue weighted by Gasteiger charge is -2.29. The van der Waals surface area contributed by atoms with E-state index < -0.39 is 42.0 Å². The zero-order valence-electron chi connectivity index (χ0n) is 20.8. The van der Waals surface area contributed by atoms with Crippen molar-refractivity contribution < 1.29 is 33.8 Å². The van der Waals surface area contributed by atoms with Crippen LogP contribution in [0.15, 0.2) is 24.3 Å². The maximum Gasteiger partial charge on any atom is 0.326 e. The summed E-state index contributed by atoms with van der Waals surface area (Å²) in [6.07, 6.45) is 0.767. The second-order valence-electron chi connectivity index (χ2n) is 9.60. The second kappa shape index (κ2) is 11.9. The van der Waals surface area contributed by atoms with Crippen LogP contribution in [0.2, 0.25) is 0 Å². The lowest BCUT2D eigenvalue weighted by atomic mass is 10.0. The fraction of sp³-hybridized carbons (Fsp3) is 0.560. The van der Waals surface area contributed by atoms with Gasteiger partial charge in [-0.05, 0) is 44.2 Å². The molecule has 1 saturated heterocycles. The smallest absolute Gasteiger partial charge is 0.326 e. The predicted octanol–water partition coefficient (Wildman–Crippen LogP) is 0.679. The van der Waals surface area contributed by atoms with E-state index in [1.807, 2.05) is 13.8 Å². The summed E-state index contributed by atoms with van der Waals surface area (Å²) in [7, 11) is 0. The Kier molecular flexibility index (Phi) is 8.89. The van der Waals surface area contributed by atoms with Gasteiger partial charge in [0.05, 0.1) is 11.6 Å². The van der Waals surface area contributed by atoms with Gasteiger partial charge >= 0.3 is 5.97 Å².